The van der Waals surface area contributed by atoms with E-state index in [0.29, 0.717) is 11.3 Å². The molecule has 0 saturated heterocycles. The summed E-state index contributed by atoms with van der Waals surface area (Å²) in [7, 11) is -2.19. The predicted octanol–water partition coefficient (Wildman–Crippen LogP) is 2.82. The van der Waals surface area contributed by atoms with Crippen molar-refractivity contribution >= 4 is 55.5 Å². The Morgan fingerprint density at radius 2 is 2.00 bits per heavy atom. The van der Waals surface area contributed by atoms with E-state index >= 15 is 0 Å². The first-order chi connectivity index (χ1) is 9.83. The molecule has 21 heavy (non-hydrogen) atoms. The molecule has 0 atom stereocenters. The van der Waals surface area contributed by atoms with Crippen LogP contribution in [-0.4, -0.2) is 21.4 Å². The third-order valence-electron chi connectivity index (χ3n) is 2.87. The second kappa shape index (κ2) is 6.42. The van der Waals surface area contributed by atoms with Crippen molar-refractivity contribution in [1.82, 2.24) is 4.72 Å². The van der Waals surface area contributed by atoms with Gasteiger partial charge in [0.2, 0.25) is 10.0 Å². The molecule has 1 aromatic carbocycles. The molecule has 0 bridgehead atoms. The van der Waals surface area contributed by atoms with E-state index in [1.807, 2.05) is 6.92 Å². The molecule has 1 heterocycles. The van der Waals surface area contributed by atoms with Gasteiger partial charge in [-0.25, -0.2) is 13.1 Å². The summed E-state index contributed by atoms with van der Waals surface area (Å²) in [5.74, 6) is -0.253. The first-order valence-electron chi connectivity index (χ1n) is 5.93. The van der Waals surface area contributed by atoms with Gasteiger partial charge in [-0.2, -0.15) is 0 Å². The average molecular weight is 436 g/mol. The molecule has 2 aromatic rings. The highest BCUT2D eigenvalue weighted by Crippen LogP contribution is 2.22. The predicted molar refractivity (Wildman–Crippen MR) is 92.4 cm³/mol. The largest absolute Gasteiger partial charge is 0.322 e. The van der Waals surface area contributed by atoms with E-state index < -0.39 is 10.0 Å². The van der Waals surface area contributed by atoms with Crippen LogP contribution in [0.5, 0.6) is 0 Å². The van der Waals surface area contributed by atoms with Crippen LogP contribution < -0.4 is 10.0 Å². The third-order valence-corrected chi connectivity index (χ3v) is 6.07. The molecule has 0 fully saturated rings. The van der Waals surface area contributed by atoms with Gasteiger partial charge in [0.15, 0.2) is 0 Å². The highest BCUT2D eigenvalue weighted by molar-refractivity contribution is 14.1. The summed E-state index contributed by atoms with van der Waals surface area (Å²) in [6, 6.07) is 6.40. The van der Waals surface area contributed by atoms with E-state index in [2.05, 4.69) is 32.6 Å². The van der Waals surface area contributed by atoms with Crippen LogP contribution in [-0.2, 0) is 10.0 Å². The molecule has 2 N–H and O–H groups in total. The number of hydrogen-bond donors (Lipinski definition) is 2. The lowest BCUT2D eigenvalue weighted by Gasteiger charge is -2.10. The summed E-state index contributed by atoms with van der Waals surface area (Å²) in [5.41, 5.74) is 1.84. The Bertz CT molecular complexity index is 784. The van der Waals surface area contributed by atoms with E-state index in [1.54, 1.807) is 17.5 Å². The maximum absolute atomic E-state index is 12.1. The van der Waals surface area contributed by atoms with Crippen LogP contribution in [0.3, 0.4) is 0 Å². The second-order valence-electron chi connectivity index (χ2n) is 4.28. The Kier molecular flexibility index (Phi) is 5.02. The SMILES string of the molecule is CNS(=O)(=O)c1ccc(C)c(NC(=O)c2csc(I)c2)c1. The number of sulfonamides is 1. The van der Waals surface area contributed by atoms with Crippen molar-refractivity contribution in [3.8, 4) is 0 Å². The number of nitrogens with one attached hydrogen (secondary N) is 2. The second-order valence-corrected chi connectivity index (χ2v) is 8.97. The molecular formula is C13H13IN2O3S2. The van der Waals surface area contributed by atoms with E-state index in [-0.39, 0.29) is 10.8 Å². The number of carbonyl (C=O) groups excluding carboxylic acids is 1. The number of rotatable bonds is 4. The van der Waals surface area contributed by atoms with Gasteiger partial charge in [0.25, 0.3) is 5.91 Å². The molecule has 0 unspecified atom stereocenters. The molecule has 8 heteroatoms. The molecule has 1 amide bonds. The zero-order chi connectivity index (χ0) is 15.6. The minimum atomic E-state index is -3.53. The highest BCUT2D eigenvalue weighted by atomic mass is 127. The van der Waals surface area contributed by atoms with Crippen LogP contribution in [0.1, 0.15) is 15.9 Å². The van der Waals surface area contributed by atoms with Crippen molar-refractivity contribution in [2.24, 2.45) is 0 Å². The van der Waals surface area contributed by atoms with Crippen molar-refractivity contribution < 1.29 is 13.2 Å². The number of halogens is 1. The normalized spacial score (nSPS) is 11.4. The molecule has 1 aromatic heterocycles. The molecule has 2 rings (SSSR count). The summed E-state index contributed by atoms with van der Waals surface area (Å²) in [4.78, 5) is 12.3. The highest BCUT2D eigenvalue weighted by Gasteiger charge is 2.15. The lowest BCUT2D eigenvalue weighted by molar-refractivity contribution is 0.102. The van der Waals surface area contributed by atoms with Crippen molar-refractivity contribution in [1.29, 1.82) is 0 Å². The van der Waals surface area contributed by atoms with Crippen LogP contribution in [0.4, 0.5) is 5.69 Å². The van der Waals surface area contributed by atoms with Gasteiger partial charge in [0, 0.05) is 11.1 Å². The summed E-state index contributed by atoms with van der Waals surface area (Å²) in [5, 5.41) is 4.51. The van der Waals surface area contributed by atoms with Gasteiger partial charge in [0.05, 0.1) is 13.3 Å². The fourth-order valence-electron chi connectivity index (χ4n) is 1.64. The van der Waals surface area contributed by atoms with Gasteiger partial charge in [0.1, 0.15) is 0 Å². The van der Waals surface area contributed by atoms with Crippen LogP contribution in [0.2, 0.25) is 0 Å². The summed E-state index contributed by atoms with van der Waals surface area (Å²) in [6.07, 6.45) is 0. The van der Waals surface area contributed by atoms with Crippen molar-refractivity contribution in [3.05, 3.63) is 43.7 Å². The van der Waals surface area contributed by atoms with Crippen molar-refractivity contribution in [2.75, 3.05) is 12.4 Å². The molecule has 0 aliphatic carbocycles. The Hall–Kier alpha value is -0.970. The number of aryl methyl sites for hydroxylation is 1. The van der Waals surface area contributed by atoms with Gasteiger partial charge in [-0.1, -0.05) is 6.07 Å². The maximum atomic E-state index is 12.1. The first-order valence-corrected chi connectivity index (χ1v) is 9.37. The molecule has 0 aliphatic rings. The standard InChI is InChI=1S/C13H13IN2O3S2/c1-8-3-4-10(21(18,19)15-2)6-11(8)16-13(17)9-5-12(14)20-7-9/h3-7,15H,1-2H3,(H,16,17). The molecule has 0 radical (unpaired) electrons. The molecule has 0 aliphatic heterocycles. The van der Waals surface area contributed by atoms with Crippen LogP contribution >= 0.6 is 33.9 Å². The Balaban J connectivity index is 2.32. The van der Waals surface area contributed by atoms with Gasteiger partial charge >= 0.3 is 0 Å². The number of thiophene rings is 1. The Labute approximate surface area is 141 Å². The lowest BCUT2D eigenvalue weighted by Crippen LogP contribution is -2.19. The Morgan fingerprint density at radius 3 is 2.57 bits per heavy atom. The number of amides is 1. The molecule has 5 nitrogen and oxygen atoms in total. The van der Waals surface area contributed by atoms with E-state index in [1.165, 1.54) is 30.5 Å². The third kappa shape index (κ3) is 3.82. The molecule has 112 valence electrons. The Morgan fingerprint density at radius 1 is 1.29 bits per heavy atom. The van der Waals surface area contributed by atoms with E-state index in [9.17, 15) is 13.2 Å². The minimum absolute atomic E-state index is 0.116. The molecule has 0 spiro atoms. The number of hydrogen-bond acceptors (Lipinski definition) is 4. The van der Waals surface area contributed by atoms with Gasteiger partial charge in [-0.15, -0.1) is 11.3 Å². The maximum Gasteiger partial charge on any atom is 0.256 e. The monoisotopic (exact) mass is 436 g/mol. The topological polar surface area (TPSA) is 75.3 Å². The van der Waals surface area contributed by atoms with Gasteiger partial charge in [-0.05, 0) is 60.3 Å². The molecule has 0 saturated carbocycles. The van der Waals surface area contributed by atoms with Gasteiger partial charge < -0.3 is 5.32 Å². The average Bonchev–Trinajstić information content (AvgIpc) is 2.87. The summed E-state index contributed by atoms with van der Waals surface area (Å²) in [6.45, 7) is 1.81. The fourth-order valence-corrected chi connectivity index (χ4v) is 3.73. The quantitative estimate of drug-likeness (QED) is 0.724. The van der Waals surface area contributed by atoms with Crippen LogP contribution in [0.15, 0.2) is 34.5 Å². The number of carbonyl (C=O) groups is 1. The fraction of sp³-hybridized carbons (Fsp3) is 0.154. The van der Waals surface area contributed by atoms with E-state index in [4.69, 9.17) is 0 Å². The van der Waals surface area contributed by atoms with Crippen molar-refractivity contribution in [3.63, 3.8) is 0 Å². The van der Waals surface area contributed by atoms with Crippen LogP contribution in [0, 0.1) is 9.81 Å². The zero-order valence-corrected chi connectivity index (χ0v) is 15.1. The smallest absolute Gasteiger partial charge is 0.256 e. The number of benzene rings is 1. The molecular weight excluding hydrogens is 423 g/mol. The zero-order valence-electron chi connectivity index (χ0n) is 11.3. The van der Waals surface area contributed by atoms with E-state index in [0.717, 1.165) is 8.45 Å². The first kappa shape index (κ1) is 16.4. The lowest BCUT2D eigenvalue weighted by atomic mass is 10.2. The van der Waals surface area contributed by atoms with Gasteiger partial charge in [-0.3, -0.25) is 4.79 Å². The minimum Gasteiger partial charge on any atom is -0.322 e. The van der Waals surface area contributed by atoms with Crippen LogP contribution in [0.25, 0.3) is 0 Å². The summed E-state index contributed by atoms with van der Waals surface area (Å²) < 4.78 is 26.9. The summed E-state index contributed by atoms with van der Waals surface area (Å²) >= 11 is 3.62. The number of anilines is 1. The van der Waals surface area contributed by atoms with Crippen molar-refractivity contribution in [2.45, 2.75) is 11.8 Å².